The van der Waals surface area contributed by atoms with Gasteiger partial charge in [0.15, 0.2) is 5.82 Å². The van der Waals surface area contributed by atoms with Crippen molar-refractivity contribution in [1.29, 1.82) is 0 Å². The first kappa shape index (κ1) is 17.3. The summed E-state index contributed by atoms with van der Waals surface area (Å²) in [7, 11) is 2.05. The molecule has 0 aliphatic rings. The van der Waals surface area contributed by atoms with E-state index in [1.54, 1.807) is 23.5 Å². The monoisotopic (exact) mass is 357 g/mol. The van der Waals surface area contributed by atoms with Crippen LogP contribution >= 0.6 is 11.3 Å². The van der Waals surface area contributed by atoms with Crippen molar-refractivity contribution in [2.75, 3.05) is 7.05 Å². The van der Waals surface area contributed by atoms with Gasteiger partial charge >= 0.3 is 0 Å². The zero-order valence-corrected chi connectivity index (χ0v) is 15.1. The van der Waals surface area contributed by atoms with E-state index < -0.39 is 5.91 Å². The van der Waals surface area contributed by atoms with Gasteiger partial charge in [0.05, 0.1) is 22.8 Å². The van der Waals surface area contributed by atoms with E-state index in [1.165, 1.54) is 19.9 Å². The van der Waals surface area contributed by atoms with Crippen LogP contribution in [0.25, 0.3) is 10.9 Å². The number of nitrogens with one attached hydrogen (secondary N) is 1. The lowest BCUT2D eigenvalue weighted by molar-refractivity contribution is -0.908. The van der Waals surface area contributed by atoms with Gasteiger partial charge < -0.3 is 10.6 Å². The van der Waals surface area contributed by atoms with Gasteiger partial charge in [-0.15, -0.1) is 11.3 Å². The topological polar surface area (TPSA) is 82.4 Å². The molecule has 1 unspecified atom stereocenters. The molecule has 1 amide bonds. The number of hydrogen-bond acceptors (Lipinski definition) is 4. The number of fused-ring (bicyclic) bond motifs is 1. The minimum Gasteiger partial charge on any atom is -0.368 e. The molecule has 0 aliphatic heterocycles. The maximum Gasteiger partial charge on any atom is 0.262 e. The quantitative estimate of drug-likeness (QED) is 0.673. The fraction of sp³-hybridized carbons (Fsp3) is 0.278. The first-order chi connectivity index (χ1) is 12.0. The highest BCUT2D eigenvalue weighted by atomic mass is 32.1. The first-order valence-corrected chi connectivity index (χ1v) is 8.94. The van der Waals surface area contributed by atoms with Crippen LogP contribution in [0.2, 0.25) is 0 Å². The Hall–Kier alpha value is -2.51. The number of benzene rings is 1. The van der Waals surface area contributed by atoms with Crippen LogP contribution in [0.4, 0.5) is 0 Å². The van der Waals surface area contributed by atoms with Crippen molar-refractivity contribution in [3.8, 4) is 0 Å². The zero-order chi connectivity index (χ0) is 18.0. The average molecular weight is 357 g/mol. The van der Waals surface area contributed by atoms with E-state index in [0.717, 1.165) is 6.54 Å². The molecule has 6 nitrogen and oxygen atoms in total. The molecule has 0 radical (unpaired) electrons. The van der Waals surface area contributed by atoms with E-state index in [4.69, 9.17) is 5.73 Å². The van der Waals surface area contributed by atoms with Crippen molar-refractivity contribution >= 4 is 28.1 Å². The summed E-state index contributed by atoms with van der Waals surface area (Å²) in [5.74, 6) is 0.0291. The normalized spacial score (nSPS) is 12.4. The van der Waals surface area contributed by atoms with Gasteiger partial charge in [-0.05, 0) is 36.1 Å². The number of primary amides is 1. The van der Waals surface area contributed by atoms with Crippen LogP contribution in [-0.2, 0) is 24.4 Å². The van der Waals surface area contributed by atoms with Gasteiger partial charge in [0, 0.05) is 0 Å². The van der Waals surface area contributed by atoms with E-state index >= 15 is 0 Å². The van der Waals surface area contributed by atoms with Gasteiger partial charge in [0.2, 0.25) is 5.91 Å². The van der Waals surface area contributed by atoms with E-state index in [0.29, 0.717) is 23.3 Å². The Kier molecular flexibility index (Phi) is 4.96. The van der Waals surface area contributed by atoms with Crippen molar-refractivity contribution < 1.29 is 9.69 Å². The van der Waals surface area contributed by atoms with Gasteiger partial charge in [-0.25, -0.2) is 4.98 Å². The molecule has 0 saturated carbocycles. The molecule has 2 aromatic heterocycles. The molecule has 3 aromatic rings. The fourth-order valence-electron chi connectivity index (χ4n) is 2.86. The van der Waals surface area contributed by atoms with Crippen molar-refractivity contribution in [3.05, 3.63) is 62.3 Å². The van der Waals surface area contributed by atoms with Gasteiger partial charge in [0.1, 0.15) is 19.6 Å². The maximum atomic E-state index is 12.7. The van der Waals surface area contributed by atoms with E-state index in [2.05, 4.69) is 30.4 Å². The van der Waals surface area contributed by atoms with Gasteiger partial charge in [-0.3, -0.25) is 14.2 Å². The number of aryl methyl sites for hydroxylation is 1. The fourth-order valence-corrected chi connectivity index (χ4v) is 3.88. The predicted octanol–water partition coefficient (Wildman–Crippen LogP) is 0.467. The van der Waals surface area contributed by atoms with Crippen molar-refractivity contribution in [1.82, 2.24) is 9.55 Å². The molecule has 0 saturated heterocycles. The SMILES string of the molecule is Cc1ccsc1C[NH+](C)Cc1nc2ccccc2c(=O)n1CC(N)=O. The van der Waals surface area contributed by atoms with Crippen LogP contribution in [0.1, 0.15) is 16.3 Å². The second-order valence-corrected chi connectivity index (χ2v) is 7.24. The third kappa shape index (κ3) is 3.78. The highest BCUT2D eigenvalue weighted by Gasteiger charge is 2.17. The molecular formula is C18H21N4O2S+. The second kappa shape index (κ2) is 7.16. The van der Waals surface area contributed by atoms with Crippen LogP contribution in [0.3, 0.4) is 0 Å². The number of quaternary nitrogens is 1. The minimum atomic E-state index is -0.549. The Labute approximate surface area is 149 Å². The first-order valence-electron chi connectivity index (χ1n) is 8.06. The Morgan fingerprint density at radius 2 is 2.04 bits per heavy atom. The Morgan fingerprint density at radius 1 is 1.28 bits per heavy atom. The second-order valence-electron chi connectivity index (χ2n) is 6.24. The predicted molar refractivity (Wildman–Crippen MR) is 98.5 cm³/mol. The van der Waals surface area contributed by atoms with Crippen LogP contribution in [0.15, 0.2) is 40.5 Å². The summed E-state index contributed by atoms with van der Waals surface area (Å²) in [6.07, 6.45) is 0. The van der Waals surface area contributed by atoms with Crippen LogP contribution < -0.4 is 16.2 Å². The lowest BCUT2D eigenvalue weighted by atomic mass is 10.2. The lowest BCUT2D eigenvalue weighted by Crippen LogP contribution is -3.06. The average Bonchev–Trinajstić information content (AvgIpc) is 2.96. The third-order valence-corrected chi connectivity index (χ3v) is 5.17. The number of nitrogens with two attached hydrogens (primary N) is 1. The third-order valence-electron chi connectivity index (χ3n) is 4.15. The summed E-state index contributed by atoms with van der Waals surface area (Å²) in [5, 5.41) is 2.58. The molecule has 0 aliphatic carbocycles. The number of nitrogens with zero attached hydrogens (tertiary/aromatic N) is 2. The zero-order valence-electron chi connectivity index (χ0n) is 14.3. The van der Waals surface area contributed by atoms with Gasteiger partial charge in [-0.1, -0.05) is 12.1 Å². The molecule has 0 bridgehead atoms. The number of amides is 1. The summed E-state index contributed by atoms with van der Waals surface area (Å²) in [6.45, 7) is 3.31. The highest BCUT2D eigenvalue weighted by Crippen LogP contribution is 2.14. The van der Waals surface area contributed by atoms with E-state index in [-0.39, 0.29) is 12.1 Å². The number of rotatable bonds is 6. The molecule has 3 rings (SSSR count). The largest absolute Gasteiger partial charge is 0.368 e. The molecule has 3 N–H and O–H groups in total. The lowest BCUT2D eigenvalue weighted by Gasteiger charge is -2.17. The maximum absolute atomic E-state index is 12.7. The van der Waals surface area contributed by atoms with Crippen molar-refractivity contribution in [2.24, 2.45) is 5.73 Å². The summed E-state index contributed by atoms with van der Waals surface area (Å²) in [6, 6.07) is 9.27. The number of thiophene rings is 1. The molecule has 0 fully saturated rings. The van der Waals surface area contributed by atoms with Crippen molar-refractivity contribution in [3.63, 3.8) is 0 Å². The summed E-state index contributed by atoms with van der Waals surface area (Å²) in [5.41, 5.74) is 7.02. The molecule has 2 heterocycles. The van der Waals surface area contributed by atoms with E-state index in [1.807, 2.05) is 12.1 Å². The molecule has 25 heavy (non-hydrogen) atoms. The number of para-hydroxylation sites is 1. The van der Waals surface area contributed by atoms with Gasteiger partial charge in [0.25, 0.3) is 5.56 Å². The Morgan fingerprint density at radius 3 is 2.72 bits per heavy atom. The van der Waals surface area contributed by atoms with Crippen LogP contribution in [-0.4, -0.2) is 22.5 Å². The Balaban J connectivity index is 1.97. The number of aromatic nitrogens is 2. The number of carbonyl (C=O) groups excluding carboxylic acids is 1. The minimum absolute atomic E-state index is 0.155. The molecule has 1 aromatic carbocycles. The van der Waals surface area contributed by atoms with E-state index in [9.17, 15) is 9.59 Å². The standard InChI is InChI=1S/C18H20N4O2S/c1-12-7-8-25-15(12)9-21(2)11-17-20-14-6-4-3-5-13(14)18(24)22(17)10-16(19)23/h3-8H,9-11H2,1-2H3,(H2,19,23)/p+1. The molecule has 7 heteroatoms. The molecular weight excluding hydrogens is 336 g/mol. The van der Waals surface area contributed by atoms with Crippen LogP contribution in [0.5, 0.6) is 0 Å². The molecule has 130 valence electrons. The molecule has 0 spiro atoms. The summed E-state index contributed by atoms with van der Waals surface area (Å²) in [4.78, 5) is 31.3. The summed E-state index contributed by atoms with van der Waals surface area (Å²) >= 11 is 1.73. The number of hydrogen-bond donors (Lipinski definition) is 2. The smallest absolute Gasteiger partial charge is 0.262 e. The van der Waals surface area contributed by atoms with Crippen LogP contribution in [0, 0.1) is 6.92 Å². The highest BCUT2D eigenvalue weighted by molar-refractivity contribution is 7.10. The summed E-state index contributed by atoms with van der Waals surface area (Å²) < 4.78 is 1.40. The number of carbonyl (C=O) groups is 1. The Bertz CT molecular complexity index is 977. The molecule has 1 atom stereocenters. The van der Waals surface area contributed by atoms with Crippen molar-refractivity contribution in [2.45, 2.75) is 26.6 Å². The van der Waals surface area contributed by atoms with Gasteiger partial charge in [-0.2, -0.15) is 0 Å².